The third kappa shape index (κ3) is 4.77. The lowest BCUT2D eigenvalue weighted by Crippen LogP contribution is -2.29. The summed E-state index contributed by atoms with van der Waals surface area (Å²) in [4.78, 5) is 31.8. The van der Waals surface area contributed by atoms with Gasteiger partial charge in [0.25, 0.3) is 11.7 Å². The van der Waals surface area contributed by atoms with Crippen molar-refractivity contribution in [2.45, 2.75) is 17.5 Å². The number of hydrogen-bond acceptors (Lipinski definition) is 6. The number of nitrogens with zero attached hydrogens (tertiary/aromatic N) is 3. The van der Waals surface area contributed by atoms with Crippen LogP contribution in [-0.4, -0.2) is 53.5 Å². The molecule has 1 aliphatic heterocycles. The van der Waals surface area contributed by atoms with E-state index < -0.39 is 27.8 Å². The number of aliphatic hydroxyl groups excluding tert-OH is 1. The number of sulfonamides is 1. The van der Waals surface area contributed by atoms with Crippen molar-refractivity contribution in [1.82, 2.24) is 14.2 Å². The van der Waals surface area contributed by atoms with E-state index in [1.54, 1.807) is 48.8 Å². The minimum Gasteiger partial charge on any atom is -0.507 e. The van der Waals surface area contributed by atoms with Gasteiger partial charge in [-0.05, 0) is 53.6 Å². The number of hydrogen-bond donors (Lipinski definition) is 1. The fourth-order valence-corrected chi connectivity index (χ4v) is 5.04. The zero-order valence-corrected chi connectivity index (χ0v) is 21.3. The van der Waals surface area contributed by atoms with E-state index in [9.17, 15) is 23.1 Å². The molecular weight excluding hydrogens is 534 g/mol. The molecule has 1 amide bonds. The van der Waals surface area contributed by atoms with E-state index >= 15 is 0 Å². The summed E-state index contributed by atoms with van der Waals surface area (Å²) in [6, 6.07) is 15.4. The molecule has 8 nitrogen and oxygen atoms in total. The molecule has 1 aliphatic rings. The van der Waals surface area contributed by atoms with Gasteiger partial charge in [-0.15, -0.1) is 0 Å². The molecule has 1 saturated heterocycles. The van der Waals surface area contributed by atoms with Crippen molar-refractivity contribution in [3.63, 3.8) is 0 Å². The normalized spacial score (nSPS) is 17.8. The molecular formula is C25H22BrN3O5S. The number of halogens is 1. The minimum absolute atomic E-state index is 0.0422. The summed E-state index contributed by atoms with van der Waals surface area (Å²) < 4.78 is 26.7. The number of pyridine rings is 1. The van der Waals surface area contributed by atoms with Gasteiger partial charge < -0.3 is 10.0 Å². The van der Waals surface area contributed by atoms with Gasteiger partial charge in [0.15, 0.2) is 0 Å². The molecule has 0 radical (unpaired) electrons. The van der Waals surface area contributed by atoms with Gasteiger partial charge in [-0.25, -0.2) is 12.7 Å². The Bertz CT molecular complexity index is 1400. The van der Waals surface area contributed by atoms with Gasteiger partial charge in [-0.3, -0.25) is 14.6 Å². The van der Waals surface area contributed by atoms with Crippen molar-refractivity contribution in [1.29, 1.82) is 0 Å². The predicted octanol–water partition coefficient (Wildman–Crippen LogP) is 3.72. The van der Waals surface area contributed by atoms with E-state index in [2.05, 4.69) is 20.9 Å². The smallest absolute Gasteiger partial charge is 0.295 e. The Morgan fingerprint density at radius 1 is 1.06 bits per heavy atom. The van der Waals surface area contributed by atoms with E-state index in [1.165, 1.54) is 43.3 Å². The van der Waals surface area contributed by atoms with Gasteiger partial charge in [0, 0.05) is 43.1 Å². The van der Waals surface area contributed by atoms with Crippen LogP contribution in [0, 0.1) is 0 Å². The highest BCUT2D eigenvalue weighted by Crippen LogP contribution is 2.40. The number of Topliss-reactive ketones (excluding diaryl/α,β-unsaturated/α-hetero) is 1. The minimum atomic E-state index is -3.66. The maximum Gasteiger partial charge on any atom is 0.295 e. The molecule has 0 bridgehead atoms. The molecule has 0 spiro atoms. The number of carbonyl (C=O) groups is 2. The summed E-state index contributed by atoms with van der Waals surface area (Å²) in [6.07, 6.45) is 3.23. The lowest BCUT2D eigenvalue weighted by atomic mass is 9.95. The van der Waals surface area contributed by atoms with Gasteiger partial charge in [-0.1, -0.05) is 34.1 Å². The van der Waals surface area contributed by atoms with Crippen molar-refractivity contribution in [2.75, 3.05) is 14.1 Å². The lowest BCUT2D eigenvalue weighted by molar-refractivity contribution is -0.140. The third-order valence-corrected chi connectivity index (χ3v) is 8.07. The molecule has 0 aliphatic carbocycles. The van der Waals surface area contributed by atoms with Crippen molar-refractivity contribution >= 4 is 43.4 Å². The molecule has 10 heteroatoms. The topological polar surface area (TPSA) is 108 Å². The fraction of sp³-hybridized carbons (Fsp3) is 0.160. The maximum atomic E-state index is 13.2. The Morgan fingerprint density at radius 2 is 1.71 bits per heavy atom. The summed E-state index contributed by atoms with van der Waals surface area (Å²) in [5, 5.41) is 11.2. The van der Waals surface area contributed by atoms with Crippen molar-refractivity contribution in [2.24, 2.45) is 0 Å². The standard InChI is InChI=1S/C25H22BrN3O5S/c1-28(2)35(33,34)20-11-7-18(8-12-20)23(30)21-22(17-5-9-19(26)10-6-17)29(25(32)24(21)31)15-16-4-3-13-27-14-16/h3-14,22,30H,15H2,1-2H3. The average molecular weight is 556 g/mol. The second-order valence-electron chi connectivity index (χ2n) is 8.15. The van der Waals surface area contributed by atoms with E-state index in [1.807, 2.05) is 0 Å². The highest BCUT2D eigenvalue weighted by Gasteiger charge is 2.46. The monoisotopic (exact) mass is 555 g/mol. The molecule has 180 valence electrons. The lowest BCUT2D eigenvalue weighted by Gasteiger charge is -2.25. The van der Waals surface area contributed by atoms with Gasteiger partial charge in [0.2, 0.25) is 10.0 Å². The molecule has 4 rings (SSSR count). The Hall–Kier alpha value is -3.34. The summed E-state index contributed by atoms with van der Waals surface area (Å²) >= 11 is 3.39. The van der Waals surface area contributed by atoms with E-state index in [0.717, 1.165) is 14.3 Å². The molecule has 1 N–H and O–H groups in total. The van der Waals surface area contributed by atoms with E-state index in [-0.39, 0.29) is 28.3 Å². The van der Waals surface area contributed by atoms with Gasteiger partial charge in [0.1, 0.15) is 5.76 Å². The molecule has 2 aromatic carbocycles. The summed E-state index contributed by atoms with van der Waals surface area (Å²) in [5.41, 5.74) is 1.54. The van der Waals surface area contributed by atoms with Gasteiger partial charge >= 0.3 is 0 Å². The van der Waals surface area contributed by atoms with Crippen LogP contribution in [0.2, 0.25) is 0 Å². The first-order valence-electron chi connectivity index (χ1n) is 10.6. The Kier molecular flexibility index (Phi) is 6.88. The molecule has 3 aromatic rings. The van der Waals surface area contributed by atoms with Crippen LogP contribution in [0.1, 0.15) is 22.7 Å². The van der Waals surface area contributed by atoms with Crippen LogP contribution in [0.3, 0.4) is 0 Å². The Morgan fingerprint density at radius 3 is 2.29 bits per heavy atom. The number of rotatable bonds is 6. The SMILES string of the molecule is CN(C)S(=O)(=O)c1ccc(C(O)=C2C(=O)C(=O)N(Cc3cccnc3)C2c2ccc(Br)cc2)cc1. The number of ketones is 1. The number of amides is 1. The maximum absolute atomic E-state index is 13.2. The summed E-state index contributed by atoms with van der Waals surface area (Å²) in [6.45, 7) is 0.121. The van der Waals surface area contributed by atoms with Crippen molar-refractivity contribution in [3.05, 3.63) is 99.8 Å². The largest absolute Gasteiger partial charge is 0.507 e. The number of benzene rings is 2. The van der Waals surface area contributed by atoms with Crippen LogP contribution in [0.4, 0.5) is 0 Å². The van der Waals surface area contributed by atoms with Crippen LogP contribution in [0.25, 0.3) is 5.76 Å². The molecule has 1 atom stereocenters. The van der Waals surface area contributed by atoms with Crippen LogP contribution in [0.15, 0.2) is 88.0 Å². The van der Waals surface area contributed by atoms with Gasteiger partial charge in [0.05, 0.1) is 16.5 Å². The summed E-state index contributed by atoms with van der Waals surface area (Å²) in [5.74, 6) is -1.93. The number of aromatic nitrogens is 1. The van der Waals surface area contributed by atoms with Crippen LogP contribution in [-0.2, 0) is 26.2 Å². The zero-order chi connectivity index (χ0) is 25.3. The fourth-order valence-electron chi connectivity index (χ4n) is 3.87. The quantitative estimate of drug-likeness (QED) is 0.282. The van der Waals surface area contributed by atoms with Crippen molar-refractivity contribution in [3.8, 4) is 0 Å². The third-order valence-electron chi connectivity index (χ3n) is 5.71. The van der Waals surface area contributed by atoms with Gasteiger partial charge in [-0.2, -0.15) is 0 Å². The van der Waals surface area contributed by atoms with E-state index in [0.29, 0.717) is 5.56 Å². The van der Waals surface area contributed by atoms with Crippen LogP contribution in [0.5, 0.6) is 0 Å². The first-order valence-corrected chi connectivity index (χ1v) is 12.8. The van der Waals surface area contributed by atoms with Crippen LogP contribution < -0.4 is 0 Å². The number of aliphatic hydroxyl groups is 1. The summed E-state index contributed by atoms with van der Waals surface area (Å²) in [7, 11) is -0.820. The molecule has 2 heterocycles. The second-order valence-corrected chi connectivity index (χ2v) is 11.2. The predicted molar refractivity (Wildman–Crippen MR) is 134 cm³/mol. The molecule has 1 unspecified atom stereocenters. The number of likely N-dealkylation sites (tertiary alicyclic amines) is 1. The average Bonchev–Trinajstić information content (AvgIpc) is 3.09. The Labute approximate surface area is 211 Å². The van der Waals surface area contributed by atoms with Crippen LogP contribution >= 0.6 is 15.9 Å². The number of carbonyl (C=O) groups excluding carboxylic acids is 2. The highest BCUT2D eigenvalue weighted by atomic mass is 79.9. The Balaban J connectivity index is 1.82. The molecule has 35 heavy (non-hydrogen) atoms. The van der Waals surface area contributed by atoms with Crippen molar-refractivity contribution < 1.29 is 23.1 Å². The zero-order valence-electron chi connectivity index (χ0n) is 18.9. The molecule has 1 fully saturated rings. The highest BCUT2D eigenvalue weighted by molar-refractivity contribution is 9.10. The first kappa shape index (κ1) is 24.8. The molecule has 1 aromatic heterocycles. The molecule has 0 saturated carbocycles. The van der Waals surface area contributed by atoms with E-state index in [4.69, 9.17) is 0 Å². The second kappa shape index (κ2) is 9.73. The first-order chi connectivity index (χ1) is 16.6.